The van der Waals surface area contributed by atoms with Crippen LogP contribution in [0, 0.1) is 5.82 Å². The smallest absolute Gasteiger partial charge is 0.220 e. The van der Waals surface area contributed by atoms with Gasteiger partial charge in [-0.05, 0) is 47.9 Å². The van der Waals surface area contributed by atoms with Gasteiger partial charge < -0.3 is 10.1 Å². The van der Waals surface area contributed by atoms with Gasteiger partial charge in [0.15, 0.2) is 0 Å². The third kappa shape index (κ3) is 4.84. The third-order valence-electron chi connectivity index (χ3n) is 3.28. The third-order valence-corrected chi connectivity index (χ3v) is 4.06. The lowest BCUT2D eigenvalue weighted by Gasteiger charge is -2.08. The van der Waals surface area contributed by atoms with Gasteiger partial charge in [-0.1, -0.05) is 28.1 Å². The van der Waals surface area contributed by atoms with Crippen LogP contribution in [-0.2, 0) is 17.8 Å². The average Bonchev–Trinajstić information content (AvgIpc) is 2.54. The highest BCUT2D eigenvalue weighted by atomic mass is 79.9. The largest absolute Gasteiger partial charge is 0.497 e. The first kappa shape index (κ1) is 16.5. The quantitative estimate of drug-likeness (QED) is 0.844. The fraction of sp³-hybridized carbons (Fsp3) is 0.235. The zero-order valence-electron chi connectivity index (χ0n) is 12.2. The number of benzene rings is 2. The predicted molar refractivity (Wildman–Crippen MR) is 87.3 cm³/mol. The molecular weight excluding hydrogens is 349 g/mol. The Kier molecular flexibility index (Phi) is 5.95. The molecule has 0 aliphatic heterocycles. The van der Waals surface area contributed by atoms with Gasteiger partial charge in [-0.15, -0.1) is 0 Å². The number of nitrogens with one attached hydrogen (secondary N) is 1. The average molecular weight is 366 g/mol. The highest BCUT2D eigenvalue weighted by molar-refractivity contribution is 9.10. The number of amides is 1. The second kappa shape index (κ2) is 7.94. The van der Waals surface area contributed by atoms with Gasteiger partial charge in [-0.2, -0.15) is 0 Å². The van der Waals surface area contributed by atoms with Gasteiger partial charge in [0.05, 0.1) is 7.11 Å². The van der Waals surface area contributed by atoms with Crippen molar-refractivity contribution in [3.63, 3.8) is 0 Å². The van der Waals surface area contributed by atoms with Crippen molar-refractivity contribution >= 4 is 21.8 Å². The molecule has 0 bridgehead atoms. The predicted octanol–water partition coefficient (Wildman–Crippen LogP) is 3.85. The summed E-state index contributed by atoms with van der Waals surface area (Å²) in [5.41, 5.74) is 1.79. The summed E-state index contributed by atoms with van der Waals surface area (Å²) in [5.74, 6) is 0.418. The lowest BCUT2D eigenvalue weighted by Crippen LogP contribution is -2.23. The molecule has 116 valence electrons. The summed E-state index contributed by atoms with van der Waals surface area (Å²) in [4.78, 5) is 11.9. The molecule has 0 fully saturated rings. The van der Waals surface area contributed by atoms with Crippen molar-refractivity contribution in [2.24, 2.45) is 0 Å². The van der Waals surface area contributed by atoms with Gasteiger partial charge in [0.2, 0.25) is 5.91 Å². The molecule has 5 heteroatoms. The van der Waals surface area contributed by atoms with Crippen LogP contribution in [0.5, 0.6) is 5.75 Å². The second-order valence-corrected chi connectivity index (χ2v) is 5.71. The lowest BCUT2D eigenvalue weighted by atomic mass is 10.1. The summed E-state index contributed by atoms with van der Waals surface area (Å²) < 4.78 is 19.0. The molecule has 1 N–H and O–H groups in total. The Hall–Kier alpha value is -1.88. The van der Waals surface area contributed by atoms with E-state index in [1.807, 2.05) is 24.3 Å². The number of hydrogen-bond donors (Lipinski definition) is 1. The van der Waals surface area contributed by atoms with Crippen LogP contribution in [0.1, 0.15) is 17.5 Å². The molecule has 0 atom stereocenters. The molecule has 2 aromatic rings. The number of ether oxygens (including phenoxy) is 1. The molecule has 0 radical (unpaired) electrons. The first-order valence-electron chi connectivity index (χ1n) is 6.92. The zero-order chi connectivity index (χ0) is 15.9. The topological polar surface area (TPSA) is 38.3 Å². The van der Waals surface area contributed by atoms with E-state index in [1.54, 1.807) is 13.2 Å². The molecule has 0 aliphatic rings. The summed E-state index contributed by atoms with van der Waals surface area (Å²) in [6, 6.07) is 12.0. The van der Waals surface area contributed by atoms with E-state index in [1.165, 1.54) is 12.1 Å². The van der Waals surface area contributed by atoms with Crippen LogP contribution in [0.2, 0.25) is 0 Å². The summed E-state index contributed by atoms with van der Waals surface area (Å²) in [6.45, 7) is 0.305. The minimum absolute atomic E-state index is 0.0630. The van der Waals surface area contributed by atoms with Crippen molar-refractivity contribution in [1.82, 2.24) is 5.32 Å². The highest BCUT2D eigenvalue weighted by Crippen LogP contribution is 2.17. The van der Waals surface area contributed by atoms with Gasteiger partial charge in [0.25, 0.3) is 0 Å². The van der Waals surface area contributed by atoms with Gasteiger partial charge >= 0.3 is 0 Å². The molecule has 2 rings (SSSR count). The summed E-state index contributed by atoms with van der Waals surface area (Å²) in [6.07, 6.45) is 1.04. The first-order chi connectivity index (χ1) is 10.6. The molecule has 0 spiro atoms. The van der Waals surface area contributed by atoms with Crippen LogP contribution in [0.4, 0.5) is 4.39 Å². The summed E-state index contributed by atoms with van der Waals surface area (Å²) >= 11 is 3.34. The van der Waals surface area contributed by atoms with Crippen molar-refractivity contribution in [2.45, 2.75) is 19.4 Å². The van der Waals surface area contributed by atoms with Crippen LogP contribution < -0.4 is 10.1 Å². The summed E-state index contributed by atoms with van der Waals surface area (Å²) in [5, 5.41) is 2.80. The molecule has 0 saturated heterocycles. The minimum Gasteiger partial charge on any atom is -0.497 e. The Morgan fingerprint density at radius 1 is 1.23 bits per heavy atom. The first-order valence-corrected chi connectivity index (χ1v) is 7.71. The van der Waals surface area contributed by atoms with Gasteiger partial charge in [0.1, 0.15) is 11.6 Å². The molecule has 0 heterocycles. The van der Waals surface area contributed by atoms with Gasteiger partial charge in [-0.3, -0.25) is 4.79 Å². The summed E-state index contributed by atoms with van der Waals surface area (Å²) in [7, 11) is 1.62. The Bertz CT molecular complexity index is 644. The standard InChI is InChI=1S/C17H17BrFNO2/c1-22-15-6-2-12(3-7-15)4-9-17(21)20-11-13-10-14(19)5-8-16(13)18/h2-3,5-8,10H,4,9,11H2,1H3,(H,20,21). The number of rotatable bonds is 6. The molecule has 0 aromatic heterocycles. The molecule has 0 aliphatic carbocycles. The molecule has 1 amide bonds. The number of carbonyl (C=O) groups is 1. The van der Waals surface area contributed by atoms with E-state index in [2.05, 4.69) is 21.2 Å². The van der Waals surface area contributed by atoms with Crippen LogP contribution in [0.25, 0.3) is 0 Å². The van der Waals surface area contributed by atoms with Gasteiger partial charge in [0, 0.05) is 17.4 Å². The number of aryl methyl sites for hydroxylation is 1. The van der Waals surface area contributed by atoms with E-state index in [0.29, 0.717) is 19.4 Å². The van der Waals surface area contributed by atoms with E-state index in [-0.39, 0.29) is 11.7 Å². The molecule has 2 aromatic carbocycles. The van der Waals surface area contributed by atoms with E-state index >= 15 is 0 Å². The lowest BCUT2D eigenvalue weighted by molar-refractivity contribution is -0.121. The Morgan fingerprint density at radius 3 is 2.64 bits per heavy atom. The number of hydrogen-bond acceptors (Lipinski definition) is 2. The maximum Gasteiger partial charge on any atom is 0.220 e. The molecule has 0 unspecified atom stereocenters. The Balaban J connectivity index is 1.81. The van der Waals surface area contributed by atoms with E-state index in [9.17, 15) is 9.18 Å². The van der Waals surface area contributed by atoms with Crippen molar-refractivity contribution in [2.75, 3.05) is 7.11 Å². The monoisotopic (exact) mass is 365 g/mol. The normalized spacial score (nSPS) is 10.3. The number of halogens is 2. The van der Waals surface area contributed by atoms with Crippen molar-refractivity contribution in [3.05, 3.63) is 63.9 Å². The van der Waals surface area contributed by atoms with Crippen LogP contribution in [-0.4, -0.2) is 13.0 Å². The SMILES string of the molecule is COc1ccc(CCC(=O)NCc2cc(F)ccc2Br)cc1. The number of carbonyl (C=O) groups excluding carboxylic acids is 1. The Labute approximate surface area is 137 Å². The fourth-order valence-corrected chi connectivity index (χ4v) is 2.40. The fourth-order valence-electron chi connectivity index (χ4n) is 2.01. The maximum atomic E-state index is 13.2. The van der Waals surface area contributed by atoms with Gasteiger partial charge in [-0.25, -0.2) is 4.39 Å². The van der Waals surface area contributed by atoms with Crippen LogP contribution in [0.15, 0.2) is 46.9 Å². The Morgan fingerprint density at radius 2 is 1.95 bits per heavy atom. The maximum absolute atomic E-state index is 13.2. The second-order valence-electron chi connectivity index (χ2n) is 4.86. The van der Waals surface area contributed by atoms with Crippen LogP contribution in [0.3, 0.4) is 0 Å². The van der Waals surface area contributed by atoms with Crippen molar-refractivity contribution in [3.8, 4) is 5.75 Å². The zero-order valence-corrected chi connectivity index (χ0v) is 13.8. The molecular formula is C17H17BrFNO2. The molecule has 0 saturated carbocycles. The van der Waals surface area contributed by atoms with E-state index in [4.69, 9.17) is 4.74 Å². The van der Waals surface area contributed by atoms with Crippen LogP contribution >= 0.6 is 15.9 Å². The molecule has 3 nitrogen and oxygen atoms in total. The van der Waals surface area contributed by atoms with Crippen molar-refractivity contribution < 1.29 is 13.9 Å². The minimum atomic E-state index is -0.314. The molecule has 22 heavy (non-hydrogen) atoms. The highest BCUT2D eigenvalue weighted by Gasteiger charge is 2.06. The van der Waals surface area contributed by atoms with E-state index in [0.717, 1.165) is 21.3 Å². The number of methoxy groups -OCH3 is 1. The van der Waals surface area contributed by atoms with E-state index < -0.39 is 0 Å². The van der Waals surface area contributed by atoms with Crippen molar-refractivity contribution in [1.29, 1.82) is 0 Å².